The number of unbranched alkanes of at least 4 members (excludes halogenated alkanes) is 2. The molecule has 1 atom stereocenters. The van der Waals surface area contributed by atoms with Crippen LogP contribution in [0.4, 0.5) is 0 Å². The molecular weight excluding hydrogens is 190 g/mol. The summed E-state index contributed by atoms with van der Waals surface area (Å²) < 4.78 is 10.9. The minimum Gasteiger partial charge on any atom is -0.381 e. The van der Waals surface area contributed by atoms with Crippen molar-refractivity contribution in [2.75, 3.05) is 19.8 Å². The highest BCUT2D eigenvalue weighted by Crippen LogP contribution is 2.17. The van der Waals surface area contributed by atoms with Crippen LogP contribution in [0.1, 0.15) is 44.9 Å². The van der Waals surface area contributed by atoms with Crippen LogP contribution in [0.5, 0.6) is 0 Å². The van der Waals surface area contributed by atoms with Crippen molar-refractivity contribution in [2.24, 2.45) is 0 Å². The van der Waals surface area contributed by atoms with Crippen LogP contribution in [0.2, 0.25) is 0 Å². The largest absolute Gasteiger partial charge is 0.381 e. The molecule has 1 unspecified atom stereocenters. The quantitative estimate of drug-likeness (QED) is 0.580. The van der Waals surface area contributed by atoms with Gasteiger partial charge < -0.3 is 9.47 Å². The van der Waals surface area contributed by atoms with Crippen LogP contribution < -0.4 is 0 Å². The van der Waals surface area contributed by atoms with Gasteiger partial charge in [-0.1, -0.05) is 0 Å². The average Bonchev–Trinajstić information content (AvgIpc) is 2.75. The third-order valence-corrected chi connectivity index (χ3v) is 2.67. The first kappa shape index (κ1) is 12.5. The molecule has 0 bridgehead atoms. The lowest BCUT2D eigenvalue weighted by Crippen LogP contribution is -2.05. The molecule has 0 saturated carbocycles. The second-order valence-corrected chi connectivity index (χ2v) is 4.00. The van der Waals surface area contributed by atoms with Crippen molar-refractivity contribution in [1.82, 2.24) is 0 Å². The Morgan fingerprint density at radius 3 is 2.87 bits per heavy atom. The predicted octanol–water partition coefficient (Wildman–Crippen LogP) is 2.66. The third kappa shape index (κ3) is 6.48. The van der Waals surface area contributed by atoms with Gasteiger partial charge in [-0.3, -0.25) is 0 Å². The van der Waals surface area contributed by atoms with E-state index in [0.29, 0.717) is 12.5 Å². The van der Waals surface area contributed by atoms with E-state index >= 15 is 0 Å². The molecule has 1 fully saturated rings. The molecule has 0 amide bonds. The molecule has 1 saturated heterocycles. The Morgan fingerprint density at radius 1 is 1.27 bits per heavy atom. The van der Waals surface area contributed by atoms with Gasteiger partial charge >= 0.3 is 0 Å². The van der Waals surface area contributed by atoms with E-state index < -0.39 is 0 Å². The second-order valence-electron chi connectivity index (χ2n) is 4.00. The normalized spacial score (nSPS) is 20.3. The summed E-state index contributed by atoms with van der Waals surface area (Å²) in [5.41, 5.74) is 0. The molecule has 0 aromatic heterocycles. The van der Waals surface area contributed by atoms with Gasteiger partial charge in [0.25, 0.3) is 0 Å². The lowest BCUT2D eigenvalue weighted by molar-refractivity contribution is 0.0935. The number of nitriles is 1. The van der Waals surface area contributed by atoms with Crippen molar-refractivity contribution in [3.63, 3.8) is 0 Å². The maximum atomic E-state index is 8.31. The van der Waals surface area contributed by atoms with Crippen LogP contribution in [-0.2, 0) is 9.47 Å². The van der Waals surface area contributed by atoms with Gasteiger partial charge in [0, 0.05) is 26.2 Å². The lowest BCUT2D eigenvalue weighted by Gasteiger charge is -2.08. The van der Waals surface area contributed by atoms with E-state index in [1.165, 1.54) is 25.7 Å². The molecule has 0 aliphatic carbocycles. The van der Waals surface area contributed by atoms with Crippen LogP contribution >= 0.6 is 0 Å². The van der Waals surface area contributed by atoms with E-state index in [9.17, 15) is 0 Å². The van der Waals surface area contributed by atoms with Crippen molar-refractivity contribution < 1.29 is 9.47 Å². The minimum atomic E-state index is 0.517. The summed E-state index contributed by atoms with van der Waals surface area (Å²) >= 11 is 0. The molecule has 1 heterocycles. The zero-order valence-electron chi connectivity index (χ0n) is 9.41. The van der Waals surface area contributed by atoms with Crippen LogP contribution in [0, 0.1) is 11.3 Å². The fraction of sp³-hybridized carbons (Fsp3) is 0.917. The molecule has 86 valence electrons. The molecule has 0 spiro atoms. The predicted molar refractivity (Wildman–Crippen MR) is 58.5 cm³/mol. The van der Waals surface area contributed by atoms with Gasteiger partial charge in [-0.2, -0.15) is 5.26 Å². The monoisotopic (exact) mass is 211 g/mol. The summed E-state index contributed by atoms with van der Waals surface area (Å²) in [7, 11) is 0. The van der Waals surface area contributed by atoms with Crippen molar-refractivity contribution >= 4 is 0 Å². The zero-order chi connectivity index (χ0) is 10.8. The second kappa shape index (κ2) is 8.70. The summed E-state index contributed by atoms with van der Waals surface area (Å²) in [6, 6.07) is 2.11. The molecule has 1 aliphatic heterocycles. The SMILES string of the molecule is N#CCCCOCCCCC1CCCO1. The van der Waals surface area contributed by atoms with Gasteiger partial charge in [-0.15, -0.1) is 0 Å². The van der Waals surface area contributed by atoms with E-state index in [-0.39, 0.29) is 0 Å². The van der Waals surface area contributed by atoms with E-state index in [2.05, 4.69) is 6.07 Å². The van der Waals surface area contributed by atoms with E-state index in [1.807, 2.05) is 0 Å². The molecule has 15 heavy (non-hydrogen) atoms. The van der Waals surface area contributed by atoms with Crippen LogP contribution in [-0.4, -0.2) is 25.9 Å². The summed E-state index contributed by atoms with van der Waals surface area (Å²) in [6.45, 7) is 2.51. The first-order valence-electron chi connectivity index (χ1n) is 6.00. The fourth-order valence-corrected chi connectivity index (χ4v) is 1.80. The Morgan fingerprint density at radius 2 is 2.13 bits per heavy atom. The molecule has 1 aliphatic rings. The molecule has 0 aromatic carbocycles. The Kier molecular flexibility index (Phi) is 7.24. The molecule has 0 N–H and O–H groups in total. The molecule has 3 heteroatoms. The van der Waals surface area contributed by atoms with E-state index in [1.54, 1.807) is 0 Å². The number of rotatable bonds is 8. The lowest BCUT2D eigenvalue weighted by atomic mass is 10.1. The first-order chi connectivity index (χ1) is 7.43. The highest BCUT2D eigenvalue weighted by atomic mass is 16.5. The number of ether oxygens (including phenoxy) is 2. The first-order valence-corrected chi connectivity index (χ1v) is 6.00. The topological polar surface area (TPSA) is 42.2 Å². The number of nitrogens with zero attached hydrogens (tertiary/aromatic N) is 1. The summed E-state index contributed by atoms with van der Waals surface area (Å²) in [4.78, 5) is 0. The van der Waals surface area contributed by atoms with Crippen LogP contribution in [0.3, 0.4) is 0 Å². The molecular formula is C12H21NO2. The van der Waals surface area contributed by atoms with Crippen molar-refractivity contribution in [1.29, 1.82) is 5.26 Å². The standard InChI is InChI=1S/C12H21NO2/c13-8-2-4-10-14-9-3-1-6-12-7-5-11-15-12/h12H,1-7,9-11H2. The molecule has 1 rings (SSSR count). The maximum absolute atomic E-state index is 8.31. The smallest absolute Gasteiger partial charge is 0.0622 e. The van der Waals surface area contributed by atoms with Gasteiger partial charge in [0.2, 0.25) is 0 Å². The molecule has 3 nitrogen and oxygen atoms in total. The Hall–Kier alpha value is -0.590. The highest BCUT2D eigenvalue weighted by Gasteiger charge is 2.14. The number of hydrogen-bond donors (Lipinski definition) is 0. The van der Waals surface area contributed by atoms with Crippen LogP contribution in [0.15, 0.2) is 0 Å². The Bertz CT molecular complexity index is 183. The third-order valence-electron chi connectivity index (χ3n) is 2.67. The fourth-order valence-electron chi connectivity index (χ4n) is 1.80. The average molecular weight is 211 g/mol. The van der Waals surface area contributed by atoms with Crippen molar-refractivity contribution in [3.05, 3.63) is 0 Å². The van der Waals surface area contributed by atoms with E-state index in [4.69, 9.17) is 14.7 Å². The zero-order valence-corrected chi connectivity index (χ0v) is 9.41. The van der Waals surface area contributed by atoms with Crippen molar-refractivity contribution in [2.45, 2.75) is 51.0 Å². The minimum absolute atomic E-state index is 0.517. The Balaban J connectivity index is 1.75. The van der Waals surface area contributed by atoms with Gasteiger partial charge in [0.1, 0.15) is 0 Å². The van der Waals surface area contributed by atoms with Gasteiger partial charge in [-0.05, 0) is 38.5 Å². The summed E-state index contributed by atoms with van der Waals surface area (Å²) in [6.07, 6.45) is 7.96. The maximum Gasteiger partial charge on any atom is 0.0622 e. The Labute approximate surface area is 92.4 Å². The van der Waals surface area contributed by atoms with Gasteiger partial charge in [0.15, 0.2) is 0 Å². The summed E-state index contributed by atoms with van der Waals surface area (Å²) in [5, 5.41) is 8.31. The van der Waals surface area contributed by atoms with Gasteiger partial charge in [0.05, 0.1) is 12.2 Å². The number of hydrogen-bond acceptors (Lipinski definition) is 3. The van der Waals surface area contributed by atoms with Crippen molar-refractivity contribution in [3.8, 4) is 6.07 Å². The molecule has 0 aromatic rings. The summed E-state index contributed by atoms with van der Waals surface area (Å²) in [5.74, 6) is 0. The van der Waals surface area contributed by atoms with Gasteiger partial charge in [-0.25, -0.2) is 0 Å². The van der Waals surface area contributed by atoms with E-state index in [0.717, 1.165) is 32.7 Å². The van der Waals surface area contributed by atoms with Crippen LogP contribution in [0.25, 0.3) is 0 Å². The molecule has 0 radical (unpaired) electrons. The highest BCUT2D eigenvalue weighted by molar-refractivity contribution is 4.67.